The Morgan fingerprint density at radius 1 is 1.43 bits per heavy atom. The molecule has 1 aromatic rings. The highest BCUT2D eigenvalue weighted by Crippen LogP contribution is 2.08. The molecule has 2 nitrogen and oxygen atoms in total. The molecule has 1 aromatic carbocycles. The lowest BCUT2D eigenvalue weighted by atomic mass is 10.2. The zero-order valence-electron chi connectivity index (χ0n) is 7.61. The zero-order valence-corrected chi connectivity index (χ0v) is 7.61. The van der Waals surface area contributed by atoms with E-state index in [-0.39, 0.29) is 12.2 Å². The monoisotopic (exact) mass is 194 g/mol. The number of carbonyl (C=O) groups is 1. The molecule has 0 aliphatic carbocycles. The molecule has 74 valence electrons. The van der Waals surface area contributed by atoms with Crippen molar-refractivity contribution in [1.29, 1.82) is 0 Å². The molecule has 0 aliphatic rings. The van der Waals surface area contributed by atoms with Crippen molar-refractivity contribution in [3.05, 3.63) is 41.7 Å². The van der Waals surface area contributed by atoms with Crippen LogP contribution in [0.4, 0.5) is 4.39 Å². The van der Waals surface area contributed by atoms with Crippen LogP contribution in [-0.4, -0.2) is 11.1 Å². The molecule has 0 atom stereocenters. The van der Waals surface area contributed by atoms with E-state index in [9.17, 15) is 9.18 Å². The van der Waals surface area contributed by atoms with Crippen LogP contribution in [0.25, 0.3) is 6.08 Å². The van der Waals surface area contributed by atoms with Crippen LogP contribution in [0.1, 0.15) is 18.4 Å². The second kappa shape index (κ2) is 5.17. The number of halogens is 1. The summed E-state index contributed by atoms with van der Waals surface area (Å²) < 4.78 is 13.0. The third kappa shape index (κ3) is 3.39. The predicted octanol–water partition coefficient (Wildman–Crippen LogP) is 2.70. The summed E-state index contributed by atoms with van der Waals surface area (Å²) in [7, 11) is 0. The van der Waals surface area contributed by atoms with Gasteiger partial charge in [-0.1, -0.05) is 30.4 Å². The van der Waals surface area contributed by atoms with Gasteiger partial charge in [-0.2, -0.15) is 0 Å². The van der Waals surface area contributed by atoms with E-state index < -0.39 is 5.97 Å². The summed E-state index contributed by atoms with van der Waals surface area (Å²) in [6, 6.07) is 6.37. The van der Waals surface area contributed by atoms with Crippen molar-refractivity contribution in [3.63, 3.8) is 0 Å². The van der Waals surface area contributed by atoms with Gasteiger partial charge in [-0.15, -0.1) is 0 Å². The number of rotatable bonds is 4. The van der Waals surface area contributed by atoms with Crippen molar-refractivity contribution >= 4 is 12.0 Å². The number of benzene rings is 1. The average molecular weight is 194 g/mol. The summed E-state index contributed by atoms with van der Waals surface area (Å²) in [5.74, 6) is -1.14. The molecule has 0 fully saturated rings. The first-order chi connectivity index (χ1) is 6.70. The lowest BCUT2D eigenvalue weighted by Gasteiger charge is -1.94. The Kier molecular flexibility index (Phi) is 3.85. The van der Waals surface area contributed by atoms with Gasteiger partial charge in [-0.25, -0.2) is 4.39 Å². The minimum absolute atomic E-state index is 0.0744. The number of carboxylic acids is 1. The second-order valence-corrected chi connectivity index (χ2v) is 2.86. The molecule has 0 aliphatic heterocycles. The first-order valence-corrected chi connectivity index (χ1v) is 4.33. The van der Waals surface area contributed by atoms with Crippen LogP contribution in [0.2, 0.25) is 0 Å². The lowest BCUT2D eigenvalue weighted by Crippen LogP contribution is -1.91. The van der Waals surface area contributed by atoms with Crippen molar-refractivity contribution in [2.75, 3.05) is 0 Å². The normalized spacial score (nSPS) is 10.6. The molecule has 0 heterocycles. The van der Waals surface area contributed by atoms with Gasteiger partial charge in [0.05, 0.1) is 0 Å². The van der Waals surface area contributed by atoms with E-state index in [4.69, 9.17) is 5.11 Å². The number of hydrogen-bond acceptors (Lipinski definition) is 1. The maximum atomic E-state index is 13.0. The Bertz CT molecular complexity index is 345. The highest BCUT2D eigenvalue weighted by Gasteiger charge is 1.95. The standard InChI is InChI=1S/C11H11FO2/c12-10-7-3-1-5-9(10)6-2-4-8-11(13)14/h1-3,5-7H,4,8H2,(H,13,14). The van der Waals surface area contributed by atoms with Crippen molar-refractivity contribution < 1.29 is 14.3 Å². The largest absolute Gasteiger partial charge is 0.481 e. The number of hydrogen-bond donors (Lipinski definition) is 1. The maximum absolute atomic E-state index is 13.0. The Hall–Kier alpha value is -1.64. The SMILES string of the molecule is O=C(O)CCC=Cc1ccccc1F. The molecule has 0 aromatic heterocycles. The fraction of sp³-hybridized carbons (Fsp3) is 0.182. The molecule has 14 heavy (non-hydrogen) atoms. The first-order valence-electron chi connectivity index (χ1n) is 4.33. The van der Waals surface area contributed by atoms with Gasteiger partial charge in [-0.3, -0.25) is 4.79 Å². The molecule has 1 N–H and O–H groups in total. The van der Waals surface area contributed by atoms with Gasteiger partial charge in [-0.05, 0) is 12.5 Å². The summed E-state index contributed by atoms with van der Waals surface area (Å²) >= 11 is 0. The fourth-order valence-electron chi connectivity index (χ4n) is 1.03. The average Bonchev–Trinajstić information content (AvgIpc) is 2.15. The molecule has 1 rings (SSSR count). The quantitative estimate of drug-likeness (QED) is 0.800. The fourth-order valence-corrected chi connectivity index (χ4v) is 1.03. The van der Waals surface area contributed by atoms with Crippen LogP contribution in [-0.2, 0) is 4.79 Å². The molecular formula is C11H11FO2. The topological polar surface area (TPSA) is 37.3 Å². The number of aliphatic carboxylic acids is 1. The molecule has 0 amide bonds. The van der Waals surface area contributed by atoms with Crippen LogP contribution < -0.4 is 0 Å². The van der Waals surface area contributed by atoms with E-state index >= 15 is 0 Å². The van der Waals surface area contributed by atoms with E-state index in [1.807, 2.05) is 0 Å². The summed E-state index contributed by atoms with van der Waals surface area (Å²) in [6.45, 7) is 0. The molecule has 0 spiro atoms. The minimum atomic E-state index is -0.844. The molecule has 0 radical (unpaired) electrons. The van der Waals surface area contributed by atoms with E-state index in [1.54, 1.807) is 30.4 Å². The summed E-state index contributed by atoms with van der Waals surface area (Å²) in [4.78, 5) is 10.2. The van der Waals surface area contributed by atoms with Crippen molar-refractivity contribution in [2.24, 2.45) is 0 Å². The molecule has 0 unspecified atom stereocenters. The summed E-state index contributed by atoms with van der Waals surface area (Å²) in [5.41, 5.74) is 0.484. The lowest BCUT2D eigenvalue weighted by molar-refractivity contribution is -0.136. The van der Waals surface area contributed by atoms with Crippen molar-refractivity contribution in [2.45, 2.75) is 12.8 Å². The summed E-state index contributed by atoms with van der Waals surface area (Å²) in [5, 5.41) is 8.36. The van der Waals surface area contributed by atoms with Crippen LogP contribution in [0.5, 0.6) is 0 Å². The van der Waals surface area contributed by atoms with Gasteiger partial charge in [0.1, 0.15) is 5.82 Å². The number of allylic oxidation sites excluding steroid dienone is 1. The van der Waals surface area contributed by atoms with E-state index in [0.717, 1.165) is 0 Å². The Balaban J connectivity index is 2.52. The van der Waals surface area contributed by atoms with Crippen LogP contribution in [0.3, 0.4) is 0 Å². The highest BCUT2D eigenvalue weighted by atomic mass is 19.1. The third-order valence-electron chi connectivity index (χ3n) is 1.73. The molecule has 0 saturated heterocycles. The molecular weight excluding hydrogens is 183 g/mol. The summed E-state index contributed by atoms with van der Waals surface area (Å²) in [6.07, 6.45) is 3.75. The highest BCUT2D eigenvalue weighted by molar-refractivity contribution is 5.67. The Morgan fingerprint density at radius 3 is 2.79 bits per heavy atom. The van der Waals surface area contributed by atoms with Gasteiger partial charge in [0.25, 0.3) is 0 Å². The van der Waals surface area contributed by atoms with Crippen LogP contribution in [0.15, 0.2) is 30.3 Å². The van der Waals surface area contributed by atoms with Crippen LogP contribution in [0, 0.1) is 5.82 Å². The van der Waals surface area contributed by atoms with E-state index in [0.29, 0.717) is 12.0 Å². The van der Waals surface area contributed by atoms with Gasteiger partial charge in [0.2, 0.25) is 0 Å². The van der Waals surface area contributed by atoms with Gasteiger partial charge in [0, 0.05) is 12.0 Å². The van der Waals surface area contributed by atoms with Gasteiger partial charge >= 0.3 is 5.97 Å². The zero-order chi connectivity index (χ0) is 10.4. The van der Waals surface area contributed by atoms with Crippen molar-refractivity contribution in [1.82, 2.24) is 0 Å². The van der Waals surface area contributed by atoms with Gasteiger partial charge in [0.15, 0.2) is 0 Å². The molecule has 0 saturated carbocycles. The third-order valence-corrected chi connectivity index (χ3v) is 1.73. The van der Waals surface area contributed by atoms with Crippen LogP contribution >= 0.6 is 0 Å². The second-order valence-electron chi connectivity index (χ2n) is 2.86. The number of carboxylic acid groups (broad SMARTS) is 1. The smallest absolute Gasteiger partial charge is 0.303 e. The minimum Gasteiger partial charge on any atom is -0.481 e. The van der Waals surface area contributed by atoms with E-state index in [1.165, 1.54) is 6.07 Å². The molecule has 3 heteroatoms. The first kappa shape index (κ1) is 10.4. The molecule has 0 bridgehead atoms. The maximum Gasteiger partial charge on any atom is 0.303 e. The predicted molar refractivity (Wildman–Crippen MR) is 52.3 cm³/mol. The van der Waals surface area contributed by atoms with Crippen molar-refractivity contribution in [3.8, 4) is 0 Å². The Labute approximate surface area is 81.7 Å². The van der Waals surface area contributed by atoms with E-state index in [2.05, 4.69) is 0 Å². The van der Waals surface area contributed by atoms with Gasteiger partial charge < -0.3 is 5.11 Å². The Morgan fingerprint density at radius 2 is 2.14 bits per heavy atom.